The van der Waals surface area contributed by atoms with E-state index in [1.54, 1.807) is 0 Å². The normalized spacial score (nSPS) is 11.8. The molecule has 0 bridgehead atoms. The van der Waals surface area contributed by atoms with Crippen LogP contribution in [0.4, 0.5) is 0 Å². The molecule has 1 aromatic carbocycles. The number of aromatic nitrogens is 1. The molecule has 0 fully saturated rings. The number of amides is 1. The van der Waals surface area contributed by atoms with Gasteiger partial charge in [0.25, 0.3) is 0 Å². The molecule has 0 aliphatic heterocycles. The van der Waals surface area contributed by atoms with Gasteiger partial charge in [0.2, 0.25) is 5.91 Å². The molecule has 0 aliphatic rings. The van der Waals surface area contributed by atoms with Gasteiger partial charge in [-0.15, -0.1) is 0 Å². The van der Waals surface area contributed by atoms with Crippen molar-refractivity contribution in [3.05, 3.63) is 41.7 Å². The Kier molecular flexibility index (Phi) is 3.46. The Bertz CT molecular complexity index is 621. The monoisotopic (exact) mass is 244 g/mol. The summed E-state index contributed by atoms with van der Waals surface area (Å²) in [5, 5.41) is 0. The molecule has 2 rings (SSSR count). The van der Waals surface area contributed by atoms with E-state index >= 15 is 0 Å². The molecule has 4 nitrogen and oxygen atoms in total. The van der Waals surface area contributed by atoms with E-state index in [0.717, 1.165) is 17.0 Å². The van der Waals surface area contributed by atoms with Gasteiger partial charge in [-0.05, 0) is 13.8 Å². The molecule has 18 heavy (non-hydrogen) atoms. The highest BCUT2D eigenvalue weighted by molar-refractivity contribution is 5.73. The lowest BCUT2D eigenvalue weighted by atomic mass is 10.1. The largest absolute Gasteiger partial charge is 0.423 e. The summed E-state index contributed by atoms with van der Waals surface area (Å²) in [6, 6.07) is 9.81. The number of rotatable bonds is 2. The summed E-state index contributed by atoms with van der Waals surface area (Å²) in [7, 11) is 0. The van der Waals surface area contributed by atoms with E-state index in [0.29, 0.717) is 12.2 Å². The summed E-state index contributed by atoms with van der Waals surface area (Å²) in [6.07, 6.45) is 0. The van der Waals surface area contributed by atoms with Gasteiger partial charge in [-0.25, -0.2) is 0 Å². The van der Waals surface area contributed by atoms with Crippen LogP contribution in [0.5, 0.6) is 0 Å². The van der Waals surface area contributed by atoms with Crippen molar-refractivity contribution in [3.8, 4) is 11.3 Å². The fraction of sp³-hybridized carbons (Fsp3) is 0.286. The number of nitrogens with zero attached hydrogens (tertiary/aromatic N) is 2. The Morgan fingerprint density at radius 1 is 1.33 bits per heavy atom. The maximum atomic E-state index is 11.1. The lowest BCUT2D eigenvalue weighted by Crippen LogP contribution is -2.17. The van der Waals surface area contributed by atoms with Crippen LogP contribution in [0.15, 0.2) is 39.7 Å². The lowest BCUT2D eigenvalue weighted by Gasteiger charge is -2.00. The predicted molar refractivity (Wildman–Crippen MR) is 68.8 cm³/mol. The summed E-state index contributed by atoms with van der Waals surface area (Å²) >= 11 is 0. The molecule has 1 aromatic heterocycles. The molecule has 0 spiro atoms. The van der Waals surface area contributed by atoms with Crippen LogP contribution < -0.4 is 5.68 Å². The van der Waals surface area contributed by atoms with Crippen molar-refractivity contribution >= 4 is 5.91 Å². The first-order valence-electron chi connectivity index (χ1n) is 5.94. The molecule has 2 aromatic rings. The average Bonchev–Trinajstić information content (AvgIpc) is 2.66. The van der Waals surface area contributed by atoms with E-state index in [1.165, 1.54) is 6.92 Å². The molecule has 94 valence electrons. The minimum Gasteiger partial charge on any atom is -0.423 e. The third-order valence-electron chi connectivity index (χ3n) is 2.76. The van der Waals surface area contributed by atoms with Gasteiger partial charge < -0.3 is 4.42 Å². The summed E-state index contributed by atoms with van der Waals surface area (Å²) < 4.78 is 7.60. The van der Waals surface area contributed by atoms with Crippen LogP contribution >= 0.6 is 0 Å². The van der Waals surface area contributed by atoms with Gasteiger partial charge >= 0.3 is 5.68 Å². The SMILES string of the molecule is CCn1c(C)c(-c2ccccc2)oc1=NC(C)=O. The van der Waals surface area contributed by atoms with Crippen LogP contribution in [0.1, 0.15) is 19.5 Å². The standard InChI is InChI=1S/C14H16N2O2/c1-4-16-10(2)13(12-8-6-5-7-9-12)18-14(16)15-11(3)17/h5-9H,4H2,1-3H3. The highest BCUT2D eigenvalue weighted by atomic mass is 16.4. The Balaban J connectivity index is 2.65. The van der Waals surface area contributed by atoms with E-state index in [-0.39, 0.29) is 5.91 Å². The maximum absolute atomic E-state index is 11.1. The molecular formula is C14H16N2O2. The van der Waals surface area contributed by atoms with E-state index < -0.39 is 0 Å². The van der Waals surface area contributed by atoms with Crippen molar-refractivity contribution in [1.82, 2.24) is 4.57 Å². The van der Waals surface area contributed by atoms with Gasteiger partial charge in [0.1, 0.15) is 0 Å². The second kappa shape index (κ2) is 5.04. The molecule has 4 heteroatoms. The van der Waals surface area contributed by atoms with Crippen molar-refractivity contribution < 1.29 is 9.21 Å². The Hall–Kier alpha value is -2.10. The zero-order valence-electron chi connectivity index (χ0n) is 10.8. The summed E-state index contributed by atoms with van der Waals surface area (Å²) in [4.78, 5) is 15.0. The Morgan fingerprint density at radius 2 is 2.00 bits per heavy atom. The van der Waals surface area contributed by atoms with Crippen molar-refractivity contribution in [2.45, 2.75) is 27.3 Å². The first-order chi connectivity index (χ1) is 8.63. The zero-order valence-corrected chi connectivity index (χ0v) is 10.8. The van der Waals surface area contributed by atoms with E-state index in [1.807, 2.05) is 48.7 Å². The van der Waals surface area contributed by atoms with Crippen molar-refractivity contribution in [2.24, 2.45) is 4.99 Å². The highest BCUT2D eigenvalue weighted by Crippen LogP contribution is 2.21. The minimum absolute atomic E-state index is 0.259. The predicted octanol–water partition coefficient (Wildman–Crippen LogP) is 2.52. The first-order valence-corrected chi connectivity index (χ1v) is 5.94. The van der Waals surface area contributed by atoms with Crippen LogP contribution in [-0.4, -0.2) is 10.5 Å². The van der Waals surface area contributed by atoms with Crippen molar-refractivity contribution in [3.63, 3.8) is 0 Å². The number of hydrogen-bond donors (Lipinski definition) is 0. The molecule has 0 unspecified atom stereocenters. The van der Waals surface area contributed by atoms with Crippen LogP contribution in [0.3, 0.4) is 0 Å². The minimum atomic E-state index is -0.259. The summed E-state index contributed by atoms with van der Waals surface area (Å²) in [5.74, 6) is 0.503. The van der Waals surface area contributed by atoms with Crippen LogP contribution in [0.25, 0.3) is 11.3 Å². The third-order valence-corrected chi connectivity index (χ3v) is 2.76. The number of benzene rings is 1. The smallest absolute Gasteiger partial charge is 0.305 e. The molecule has 0 saturated carbocycles. The van der Waals surface area contributed by atoms with Crippen LogP contribution in [0, 0.1) is 6.92 Å². The van der Waals surface area contributed by atoms with Crippen LogP contribution in [-0.2, 0) is 11.3 Å². The number of hydrogen-bond acceptors (Lipinski definition) is 2. The maximum Gasteiger partial charge on any atom is 0.305 e. The first kappa shape index (κ1) is 12.4. The highest BCUT2D eigenvalue weighted by Gasteiger charge is 2.12. The van der Waals surface area contributed by atoms with Gasteiger partial charge in [-0.1, -0.05) is 30.3 Å². The summed E-state index contributed by atoms with van der Waals surface area (Å²) in [5.41, 5.74) is 2.33. The fourth-order valence-electron chi connectivity index (χ4n) is 1.93. The lowest BCUT2D eigenvalue weighted by molar-refractivity contribution is -0.116. The van der Waals surface area contributed by atoms with Crippen LogP contribution in [0.2, 0.25) is 0 Å². The van der Waals surface area contributed by atoms with E-state index in [2.05, 4.69) is 4.99 Å². The van der Waals surface area contributed by atoms with Gasteiger partial charge in [0.15, 0.2) is 5.76 Å². The topological polar surface area (TPSA) is 47.5 Å². The molecule has 0 radical (unpaired) electrons. The number of oxazole rings is 1. The molecule has 1 heterocycles. The summed E-state index contributed by atoms with van der Waals surface area (Å²) in [6.45, 7) is 6.10. The average molecular weight is 244 g/mol. The van der Waals surface area contributed by atoms with E-state index in [9.17, 15) is 4.79 Å². The van der Waals surface area contributed by atoms with Gasteiger partial charge in [0, 0.05) is 19.0 Å². The quantitative estimate of drug-likeness (QED) is 0.815. The van der Waals surface area contributed by atoms with Crippen molar-refractivity contribution in [1.29, 1.82) is 0 Å². The second-order valence-electron chi connectivity index (χ2n) is 4.04. The molecule has 0 aliphatic carbocycles. The molecule has 0 saturated heterocycles. The molecule has 0 N–H and O–H groups in total. The van der Waals surface area contributed by atoms with Gasteiger partial charge in [-0.3, -0.25) is 9.36 Å². The van der Waals surface area contributed by atoms with Gasteiger partial charge in [-0.2, -0.15) is 4.99 Å². The fourth-order valence-corrected chi connectivity index (χ4v) is 1.93. The second-order valence-corrected chi connectivity index (χ2v) is 4.04. The van der Waals surface area contributed by atoms with Gasteiger partial charge in [0.05, 0.1) is 5.69 Å². The number of carbonyl (C=O) groups excluding carboxylic acids is 1. The third kappa shape index (κ3) is 2.27. The van der Waals surface area contributed by atoms with Crippen molar-refractivity contribution in [2.75, 3.05) is 0 Å². The molecule has 0 atom stereocenters. The molecular weight excluding hydrogens is 228 g/mol. The number of carbonyl (C=O) groups is 1. The zero-order chi connectivity index (χ0) is 13.1. The molecule has 1 amide bonds. The Labute approximate surface area is 106 Å². The Morgan fingerprint density at radius 3 is 2.56 bits per heavy atom. The van der Waals surface area contributed by atoms with E-state index in [4.69, 9.17) is 4.42 Å².